The van der Waals surface area contributed by atoms with Crippen LogP contribution in [0.15, 0.2) is 36.4 Å². The van der Waals surface area contributed by atoms with E-state index in [9.17, 15) is 19.2 Å². The van der Waals surface area contributed by atoms with Gasteiger partial charge in [0.25, 0.3) is 0 Å². The molecule has 3 atom stereocenters. The zero-order valence-corrected chi connectivity index (χ0v) is 20.9. The maximum absolute atomic E-state index is 13.4. The Morgan fingerprint density at radius 1 is 1.00 bits per heavy atom. The summed E-state index contributed by atoms with van der Waals surface area (Å²) in [5, 5.41) is 3.14. The van der Waals surface area contributed by atoms with Gasteiger partial charge >= 0.3 is 0 Å². The molecule has 2 aliphatic carbocycles. The fraction of sp³-hybridized carbons (Fsp3) is 0.571. The summed E-state index contributed by atoms with van der Waals surface area (Å²) in [5.74, 6) is -1.33. The molecule has 3 aliphatic rings. The number of likely N-dealkylation sites (tertiary alicyclic amines) is 1. The number of aryl methyl sites for hydroxylation is 1. The highest BCUT2D eigenvalue weighted by atomic mass is 16.2. The van der Waals surface area contributed by atoms with E-state index < -0.39 is 6.04 Å². The van der Waals surface area contributed by atoms with Crippen molar-refractivity contribution >= 4 is 23.6 Å². The number of hydrogen-bond donors (Lipinski definition) is 1. The molecule has 1 aromatic rings. The van der Waals surface area contributed by atoms with Gasteiger partial charge in [-0.05, 0) is 45.1 Å². The molecule has 0 bridgehead atoms. The van der Waals surface area contributed by atoms with Gasteiger partial charge in [0.15, 0.2) is 0 Å². The lowest BCUT2D eigenvalue weighted by Gasteiger charge is -2.31. The van der Waals surface area contributed by atoms with Gasteiger partial charge in [0, 0.05) is 25.6 Å². The van der Waals surface area contributed by atoms with Crippen molar-refractivity contribution < 1.29 is 19.2 Å². The summed E-state index contributed by atoms with van der Waals surface area (Å²) in [4.78, 5) is 55.0. The largest absolute Gasteiger partial charge is 0.352 e. The first-order valence-electron chi connectivity index (χ1n) is 13.0. The first-order chi connectivity index (χ1) is 16.8. The van der Waals surface area contributed by atoms with E-state index in [-0.39, 0.29) is 54.5 Å². The van der Waals surface area contributed by atoms with Gasteiger partial charge in [-0.3, -0.25) is 24.1 Å². The SMILES string of the molecule is Cc1ccc(CN(C(=O)CCN2C(=O)[C@H]3CC=CC[C@H]3C2=O)[C@H](C)C(=O)NC2CCCCC2)cc1. The van der Waals surface area contributed by atoms with Gasteiger partial charge in [0.05, 0.1) is 11.8 Å². The molecule has 188 valence electrons. The number of benzene rings is 1. The zero-order valence-electron chi connectivity index (χ0n) is 20.9. The molecule has 1 heterocycles. The standard InChI is InChI=1S/C28H37N3O4/c1-19-12-14-21(15-13-19)18-31(20(2)26(33)29-22-8-4-3-5-9-22)25(32)16-17-30-27(34)23-10-6-7-11-24(23)28(30)35/h6-7,12-15,20,22-24H,3-5,8-11,16-18H2,1-2H3,(H,29,33)/t20-,23-,24+/m1/s1. The van der Waals surface area contributed by atoms with Crippen molar-refractivity contribution in [1.82, 2.24) is 15.1 Å². The lowest BCUT2D eigenvalue weighted by molar-refractivity contribution is -0.144. The molecule has 4 amide bonds. The Hall–Kier alpha value is -2.96. The Bertz CT molecular complexity index is 954. The first kappa shape index (κ1) is 25.1. The average molecular weight is 480 g/mol. The molecular weight excluding hydrogens is 442 g/mol. The molecule has 1 N–H and O–H groups in total. The molecule has 1 saturated carbocycles. The second-order valence-corrected chi connectivity index (χ2v) is 10.3. The van der Waals surface area contributed by atoms with Crippen molar-refractivity contribution in [3.05, 3.63) is 47.5 Å². The molecule has 0 aromatic heterocycles. The molecule has 35 heavy (non-hydrogen) atoms. The van der Waals surface area contributed by atoms with Crippen LogP contribution in [0.4, 0.5) is 0 Å². The highest BCUT2D eigenvalue weighted by Crippen LogP contribution is 2.35. The van der Waals surface area contributed by atoms with E-state index in [1.165, 1.54) is 11.3 Å². The molecule has 1 aromatic carbocycles. The maximum atomic E-state index is 13.4. The van der Waals surface area contributed by atoms with Gasteiger partial charge < -0.3 is 10.2 Å². The van der Waals surface area contributed by atoms with Crippen molar-refractivity contribution in [3.8, 4) is 0 Å². The van der Waals surface area contributed by atoms with Crippen LogP contribution in [0, 0.1) is 18.8 Å². The average Bonchev–Trinajstić information content (AvgIpc) is 3.11. The summed E-state index contributed by atoms with van der Waals surface area (Å²) in [5.41, 5.74) is 2.06. The van der Waals surface area contributed by atoms with Crippen LogP contribution in [0.1, 0.15) is 69.4 Å². The van der Waals surface area contributed by atoms with E-state index in [2.05, 4.69) is 5.32 Å². The molecule has 4 rings (SSSR count). The highest BCUT2D eigenvalue weighted by Gasteiger charge is 2.47. The minimum Gasteiger partial charge on any atom is -0.352 e. The number of hydrogen-bond acceptors (Lipinski definition) is 4. The molecule has 1 saturated heterocycles. The molecule has 0 spiro atoms. The number of nitrogens with zero attached hydrogens (tertiary/aromatic N) is 2. The number of carbonyl (C=O) groups is 4. The summed E-state index contributed by atoms with van der Waals surface area (Å²) in [6, 6.07) is 7.41. The van der Waals surface area contributed by atoms with Crippen LogP contribution < -0.4 is 5.32 Å². The predicted molar refractivity (Wildman–Crippen MR) is 133 cm³/mol. The van der Waals surface area contributed by atoms with E-state index in [0.717, 1.165) is 36.8 Å². The van der Waals surface area contributed by atoms with Crippen molar-refractivity contribution in [2.24, 2.45) is 11.8 Å². The lowest BCUT2D eigenvalue weighted by atomic mass is 9.85. The van der Waals surface area contributed by atoms with Gasteiger partial charge in [-0.15, -0.1) is 0 Å². The van der Waals surface area contributed by atoms with E-state index in [0.29, 0.717) is 19.4 Å². The zero-order chi connectivity index (χ0) is 24.9. The number of rotatable bonds is 8. The summed E-state index contributed by atoms with van der Waals surface area (Å²) in [7, 11) is 0. The van der Waals surface area contributed by atoms with Crippen molar-refractivity contribution in [2.45, 2.75) is 83.8 Å². The quantitative estimate of drug-likeness (QED) is 0.457. The second kappa shape index (κ2) is 11.2. The Morgan fingerprint density at radius 3 is 2.20 bits per heavy atom. The first-order valence-corrected chi connectivity index (χ1v) is 13.0. The second-order valence-electron chi connectivity index (χ2n) is 10.3. The van der Waals surface area contributed by atoms with Crippen LogP contribution in [0.5, 0.6) is 0 Å². The Balaban J connectivity index is 1.44. The molecule has 0 unspecified atom stereocenters. The van der Waals surface area contributed by atoms with Crippen LogP contribution in [-0.2, 0) is 25.7 Å². The van der Waals surface area contributed by atoms with Gasteiger partial charge in [-0.1, -0.05) is 61.2 Å². The minimum absolute atomic E-state index is 0.0112. The molecule has 1 aliphatic heterocycles. The molecule has 7 nitrogen and oxygen atoms in total. The summed E-state index contributed by atoms with van der Waals surface area (Å²) < 4.78 is 0. The summed E-state index contributed by atoms with van der Waals surface area (Å²) >= 11 is 0. The number of amides is 4. The summed E-state index contributed by atoms with van der Waals surface area (Å²) in [6.07, 6.45) is 10.5. The minimum atomic E-state index is -0.650. The van der Waals surface area contributed by atoms with E-state index >= 15 is 0 Å². The van der Waals surface area contributed by atoms with Crippen molar-refractivity contribution in [3.63, 3.8) is 0 Å². The number of allylic oxidation sites excluding steroid dienone is 2. The molecule has 7 heteroatoms. The van der Waals surface area contributed by atoms with Crippen LogP contribution in [0.3, 0.4) is 0 Å². The van der Waals surface area contributed by atoms with Gasteiger partial charge in [0.1, 0.15) is 6.04 Å². The third-order valence-corrected chi connectivity index (χ3v) is 7.74. The number of fused-ring (bicyclic) bond motifs is 1. The molecule has 0 radical (unpaired) electrons. The smallest absolute Gasteiger partial charge is 0.242 e. The topological polar surface area (TPSA) is 86.8 Å². The van der Waals surface area contributed by atoms with Gasteiger partial charge in [0.2, 0.25) is 23.6 Å². The van der Waals surface area contributed by atoms with Crippen LogP contribution in [0.25, 0.3) is 0 Å². The van der Waals surface area contributed by atoms with E-state index in [1.807, 2.05) is 43.3 Å². The van der Waals surface area contributed by atoms with Crippen LogP contribution >= 0.6 is 0 Å². The number of nitrogens with one attached hydrogen (secondary N) is 1. The molecular formula is C28H37N3O4. The molecule has 2 fully saturated rings. The fourth-order valence-electron chi connectivity index (χ4n) is 5.48. The Labute approximate surface area is 207 Å². The van der Waals surface area contributed by atoms with E-state index in [4.69, 9.17) is 0 Å². The third-order valence-electron chi connectivity index (χ3n) is 7.74. The fourth-order valence-corrected chi connectivity index (χ4v) is 5.48. The van der Waals surface area contributed by atoms with Crippen LogP contribution in [-0.4, -0.2) is 52.1 Å². The van der Waals surface area contributed by atoms with Gasteiger partial charge in [-0.2, -0.15) is 0 Å². The Morgan fingerprint density at radius 2 is 1.60 bits per heavy atom. The van der Waals surface area contributed by atoms with Crippen LogP contribution in [0.2, 0.25) is 0 Å². The third kappa shape index (κ3) is 5.82. The lowest BCUT2D eigenvalue weighted by Crippen LogP contribution is -2.51. The Kier molecular flexibility index (Phi) is 8.04. The monoisotopic (exact) mass is 479 g/mol. The number of carbonyl (C=O) groups excluding carboxylic acids is 4. The van der Waals surface area contributed by atoms with E-state index in [1.54, 1.807) is 11.8 Å². The number of imide groups is 1. The maximum Gasteiger partial charge on any atom is 0.242 e. The van der Waals surface area contributed by atoms with Gasteiger partial charge in [-0.25, -0.2) is 0 Å². The van der Waals surface area contributed by atoms with Crippen molar-refractivity contribution in [1.29, 1.82) is 0 Å². The van der Waals surface area contributed by atoms with Crippen molar-refractivity contribution in [2.75, 3.05) is 6.54 Å². The normalized spacial score (nSPS) is 23.2. The predicted octanol–water partition coefficient (Wildman–Crippen LogP) is 3.50. The highest BCUT2D eigenvalue weighted by molar-refractivity contribution is 6.05. The summed E-state index contributed by atoms with van der Waals surface area (Å²) in [6.45, 7) is 4.13.